The van der Waals surface area contributed by atoms with Crippen LogP contribution in [0.15, 0.2) is 47.6 Å². The van der Waals surface area contributed by atoms with E-state index in [1.54, 1.807) is 18.2 Å². The van der Waals surface area contributed by atoms with Gasteiger partial charge in [0.05, 0.1) is 17.3 Å². The van der Waals surface area contributed by atoms with Crippen molar-refractivity contribution in [1.82, 2.24) is 14.8 Å². The fraction of sp³-hybridized carbons (Fsp3) is 0.286. The summed E-state index contributed by atoms with van der Waals surface area (Å²) in [4.78, 5) is 22.8. The summed E-state index contributed by atoms with van der Waals surface area (Å²) >= 11 is 7.17. The van der Waals surface area contributed by atoms with Crippen LogP contribution in [0.25, 0.3) is 0 Å². The number of anilines is 1. The van der Waals surface area contributed by atoms with Gasteiger partial charge in [-0.2, -0.15) is 0 Å². The van der Waals surface area contributed by atoms with Crippen LogP contribution in [0.5, 0.6) is 5.75 Å². The molecule has 0 aliphatic heterocycles. The summed E-state index contributed by atoms with van der Waals surface area (Å²) in [5.74, 6) is 1.27. The molecule has 0 saturated heterocycles. The maximum absolute atomic E-state index is 12.2. The van der Waals surface area contributed by atoms with Crippen LogP contribution in [0.3, 0.4) is 0 Å². The number of benzene rings is 2. The maximum atomic E-state index is 12.2. The number of thioether (sulfide) groups is 1. The lowest BCUT2D eigenvalue weighted by molar-refractivity contribution is -0.383. The molecule has 0 aliphatic rings. The molecule has 3 rings (SSSR count). The average molecular weight is 476 g/mol. The fourth-order valence-corrected chi connectivity index (χ4v) is 3.89. The van der Waals surface area contributed by atoms with E-state index < -0.39 is 4.92 Å². The van der Waals surface area contributed by atoms with Gasteiger partial charge in [-0.25, -0.2) is 0 Å². The third-order valence-electron chi connectivity index (χ3n) is 4.57. The predicted octanol–water partition coefficient (Wildman–Crippen LogP) is 4.43. The van der Waals surface area contributed by atoms with Gasteiger partial charge in [0, 0.05) is 24.6 Å². The highest BCUT2D eigenvalue weighted by Crippen LogP contribution is 2.24. The molecule has 2 aromatic carbocycles. The van der Waals surface area contributed by atoms with E-state index in [1.807, 2.05) is 30.7 Å². The van der Waals surface area contributed by atoms with Crippen LogP contribution in [0.1, 0.15) is 17.8 Å². The van der Waals surface area contributed by atoms with E-state index in [4.69, 9.17) is 16.3 Å². The molecule has 1 N–H and O–H groups in total. The van der Waals surface area contributed by atoms with E-state index in [0.717, 1.165) is 23.6 Å². The Bertz CT molecular complexity index is 1120. The van der Waals surface area contributed by atoms with E-state index >= 15 is 0 Å². The number of aromatic nitrogens is 3. The van der Waals surface area contributed by atoms with Gasteiger partial charge in [-0.3, -0.25) is 14.9 Å². The molecule has 3 aromatic rings. The minimum absolute atomic E-state index is 0.0526. The molecule has 0 saturated carbocycles. The van der Waals surface area contributed by atoms with Crippen LogP contribution in [0.2, 0.25) is 5.02 Å². The van der Waals surface area contributed by atoms with Crippen LogP contribution in [-0.2, 0) is 18.3 Å². The van der Waals surface area contributed by atoms with Crippen molar-refractivity contribution in [3.8, 4) is 5.75 Å². The zero-order valence-corrected chi connectivity index (χ0v) is 19.2. The molecule has 0 spiro atoms. The van der Waals surface area contributed by atoms with E-state index in [2.05, 4.69) is 15.5 Å². The van der Waals surface area contributed by atoms with Crippen molar-refractivity contribution in [2.24, 2.45) is 7.05 Å². The van der Waals surface area contributed by atoms with Crippen molar-refractivity contribution in [1.29, 1.82) is 0 Å². The molecule has 0 radical (unpaired) electrons. The number of hydrogen-bond acceptors (Lipinski definition) is 7. The van der Waals surface area contributed by atoms with Gasteiger partial charge in [0.15, 0.2) is 5.16 Å². The molecule has 0 aliphatic carbocycles. The molecular formula is C21H22ClN5O4S. The lowest BCUT2D eigenvalue weighted by Gasteiger charge is -2.09. The Kier molecular flexibility index (Phi) is 8.07. The number of hydrogen-bond donors (Lipinski definition) is 1. The first-order valence-electron chi connectivity index (χ1n) is 9.78. The molecule has 0 bridgehead atoms. The Morgan fingerprint density at radius 2 is 2.06 bits per heavy atom. The number of aryl methyl sites for hydroxylation is 2. The summed E-state index contributed by atoms with van der Waals surface area (Å²) in [6.45, 7) is 2.47. The highest BCUT2D eigenvalue weighted by Gasteiger charge is 2.16. The van der Waals surface area contributed by atoms with Gasteiger partial charge in [-0.15, -0.1) is 10.2 Å². The standard InChI is InChI=1S/C21H22ClN5O4S/c1-14-12-15(22)9-10-18(14)31-11-5-8-19-24-25-21(26(19)2)32-13-20(28)23-16-6-3-4-7-17(16)27(29)30/h3-4,6-7,9-10,12H,5,8,11,13H2,1-2H3,(H,23,28). The smallest absolute Gasteiger partial charge is 0.292 e. The largest absolute Gasteiger partial charge is 0.493 e. The van der Waals surface area contributed by atoms with E-state index in [0.29, 0.717) is 23.2 Å². The zero-order chi connectivity index (χ0) is 23.1. The predicted molar refractivity (Wildman–Crippen MR) is 123 cm³/mol. The van der Waals surface area contributed by atoms with Gasteiger partial charge in [0.2, 0.25) is 5.91 Å². The van der Waals surface area contributed by atoms with E-state index in [-0.39, 0.29) is 23.0 Å². The van der Waals surface area contributed by atoms with Gasteiger partial charge in [0.25, 0.3) is 5.69 Å². The fourth-order valence-electron chi connectivity index (χ4n) is 2.93. The number of rotatable bonds is 10. The van der Waals surface area contributed by atoms with E-state index in [9.17, 15) is 14.9 Å². The third-order valence-corrected chi connectivity index (χ3v) is 5.83. The maximum Gasteiger partial charge on any atom is 0.292 e. The van der Waals surface area contributed by atoms with Gasteiger partial charge >= 0.3 is 0 Å². The first-order chi connectivity index (χ1) is 15.3. The van der Waals surface area contributed by atoms with Gasteiger partial charge in [-0.05, 0) is 43.2 Å². The van der Waals surface area contributed by atoms with Crippen molar-refractivity contribution >= 4 is 40.6 Å². The number of amides is 1. The molecule has 9 nitrogen and oxygen atoms in total. The van der Waals surface area contributed by atoms with Crippen molar-refractivity contribution in [2.45, 2.75) is 24.9 Å². The first-order valence-corrected chi connectivity index (χ1v) is 11.1. The van der Waals surface area contributed by atoms with E-state index in [1.165, 1.54) is 23.9 Å². The molecular weight excluding hydrogens is 454 g/mol. The minimum atomic E-state index is -0.532. The Hall–Kier alpha value is -3.11. The lowest BCUT2D eigenvalue weighted by atomic mass is 10.2. The monoisotopic (exact) mass is 475 g/mol. The van der Waals surface area contributed by atoms with Crippen LogP contribution < -0.4 is 10.1 Å². The Labute approximate surface area is 194 Å². The second-order valence-electron chi connectivity index (χ2n) is 6.93. The van der Waals surface area contributed by atoms with Gasteiger partial charge in [-0.1, -0.05) is 35.5 Å². The Balaban J connectivity index is 1.47. The summed E-state index contributed by atoms with van der Waals surface area (Å²) in [5.41, 5.74) is 0.995. The van der Waals surface area contributed by atoms with Crippen molar-refractivity contribution in [3.05, 3.63) is 69.0 Å². The number of halogens is 1. The van der Waals surface area contributed by atoms with Crippen LogP contribution in [0, 0.1) is 17.0 Å². The molecule has 1 heterocycles. The lowest BCUT2D eigenvalue weighted by Crippen LogP contribution is -2.15. The number of carbonyl (C=O) groups excluding carboxylic acids is 1. The molecule has 1 amide bonds. The molecule has 0 atom stereocenters. The topological polar surface area (TPSA) is 112 Å². The normalized spacial score (nSPS) is 10.7. The van der Waals surface area contributed by atoms with Crippen molar-refractivity contribution in [2.75, 3.05) is 17.7 Å². The summed E-state index contributed by atoms with van der Waals surface area (Å²) in [7, 11) is 1.84. The molecule has 11 heteroatoms. The summed E-state index contributed by atoms with van der Waals surface area (Å²) in [5, 5.41) is 23.2. The molecule has 0 fully saturated rings. The van der Waals surface area contributed by atoms with Crippen molar-refractivity contribution < 1.29 is 14.5 Å². The summed E-state index contributed by atoms with van der Waals surface area (Å²) < 4.78 is 7.63. The number of nitro groups is 1. The zero-order valence-electron chi connectivity index (χ0n) is 17.6. The van der Waals surface area contributed by atoms with Crippen LogP contribution >= 0.6 is 23.4 Å². The first kappa shape index (κ1) is 23.6. The second-order valence-corrected chi connectivity index (χ2v) is 8.31. The summed E-state index contributed by atoms with van der Waals surface area (Å²) in [6.07, 6.45) is 1.41. The van der Waals surface area contributed by atoms with Crippen molar-refractivity contribution in [3.63, 3.8) is 0 Å². The van der Waals surface area contributed by atoms with Crippen LogP contribution in [-0.4, -0.2) is 38.0 Å². The van der Waals surface area contributed by atoms with Crippen LogP contribution in [0.4, 0.5) is 11.4 Å². The van der Waals surface area contributed by atoms with Gasteiger partial charge < -0.3 is 14.6 Å². The highest BCUT2D eigenvalue weighted by molar-refractivity contribution is 7.99. The number of nitro benzene ring substituents is 1. The highest BCUT2D eigenvalue weighted by atomic mass is 35.5. The molecule has 0 unspecified atom stereocenters. The summed E-state index contributed by atoms with van der Waals surface area (Å²) in [6, 6.07) is 11.5. The Morgan fingerprint density at radius 3 is 2.81 bits per heavy atom. The minimum Gasteiger partial charge on any atom is -0.493 e. The van der Waals surface area contributed by atoms with Gasteiger partial charge in [0.1, 0.15) is 17.3 Å². The second kappa shape index (κ2) is 11.0. The SMILES string of the molecule is Cc1cc(Cl)ccc1OCCCc1nnc(SCC(=O)Nc2ccccc2[N+](=O)[O-])n1C. The molecule has 168 valence electrons. The number of nitrogens with one attached hydrogen (secondary N) is 1. The number of para-hydroxylation sites is 2. The average Bonchev–Trinajstić information content (AvgIpc) is 3.10. The molecule has 1 aromatic heterocycles. The Morgan fingerprint density at radius 1 is 1.28 bits per heavy atom. The number of nitrogens with zero attached hydrogens (tertiary/aromatic N) is 4. The quantitative estimate of drug-likeness (QED) is 0.200. The number of ether oxygens (including phenoxy) is 1. The number of carbonyl (C=O) groups is 1. The molecule has 32 heavy (non-hydrogen) atoms. The third kappa shape index (κ3) is 6.21.